The minimum Gasteiger partial charge on any atom is -0.476 e. The summed E-state index contributed by atoms with van der Waals surface area (Å²) in [6.45, 7) is 1.34. The summed E-state index contributed by atoms with van der Waals surface area (Å²) in [5.41, 5.74) is 6.38. The summed E-state index contributed by atoms with van der Waals surface area (Å²) in [7, 11) is 1.87. The molecule has 94 valence electrons. The summed E-state index contributed by atoms with van der Waals surface area (Å²) >= 11 is 0. The second-order valence-electron chi connectivity index (χ2n) is 4.46. The highest BCUT2D eigenvalue weighted by Crippen LogP contribution is 2.30. The lowest BCUT2D eigenvalue weighted by atomic mass is 10.3. The number of pyridine rings is 1. The number of hydrogen-bond acceptors (Lipinski definition) is 5. The van der Waals surface area contributed by atoms with Gasteiger partial charge >= 0.3 is 0 Å². The third kappa shape index (κ3) is 3.23. The van der Waals surface area contributed by atoms with Crippen LogP contribution in [0, 0.1) is 5.92 Å². The number of aromatic nitrogens is 1. The first-order chi connectivity index (χ1) is 8.20. The van der Waals surface area contributed by atoms with Crippen molar-refractivity contribution in [2.24, 2.45) is 5.92 Å². The van der Waals surface area contributed by atoms with E-state index < -0.39 is 0 Å². The Bertz CT molecular complexity index is 380. The Morgan fingerprint density at radius 2 is 2.29 bits per heavy atom. The van der Waals surface area contributed by atoms with Crippen LogP contribution in [0.5, 0.6) is 5.88 Å². The maximum absolute atomic E-state index is 8.88. The van der Waals surface area contributed by atoms with Gasteiger partial charge in [0.1, 0.15) is 5.82 Å². The predicted octanol–water partition coefficient (Wildman–Crippen LogP) is 0.881. The first kappa shape index (κ1) is 12.0. The molecule has 1 aliphatic carbocycles. The average molecular weight is 237 g/mol. The molecule has 1 aromatic rings. The van der Waals surface area contributed by atoms with Gasteiger partial charge in [-0.15, -0.1) is 0 Å². The third-order valence-corrected chi connectivity index (χ3v) is 2.85. The number of nitrogens with two attached hydrogens (primary N) is 1. The van der Waals surface area contributed by atoms with Gasteiger partial charge in [-0.25, -0.2) is 0 Å². The van der Waals surface area contributed by atoms with Gasteiger partial charge in [-0.2, -0.15) is 4.98 Å². The van der Waals surface area contributed by atoms with Gasteiger partial charge in [0.25, 0.3) is 0 Å². The number of rotatable bonds is 6. The van der Waals surface area contributed by atoms with Crippen molar-refractivity contribution in [3.05, 3.63) is 12.1 Å². The van der Waals surface area contributed by atoms with Crippen molar-refractivity contribution in [1.82, 2.24) is 4.98 Å². The number of aliphatic hydroxyl groups is 1. The molecule has 0 bridgehead atoms. The Morgan fingerprint density at radius 3 is 2.94 bits per heavy atom. The molecule has 0 unspecified atom stereocenters. The molecule has 1 aromatic heterocycles. The van der Waals surface area contributed by atoms with Crippen LogP contribution in [0.3, 0.4) is 0 Å². The van der Waals surface area contributed by atoms with Crippen LogP contribution in [0.1, 0.15) is 12.8 Å². The molecular formula is C12H19N3O2. The minimum absolute atomic E-state index is 0.0980. The van der Waals surface area contributed by atoms with E-state index in [0.29, 0.717) is 30.6 Å². The van der Waals surface area contributed by atoms with Crippen molar-refractivity contribution in [2.75, 3.05) is 37.4 Å². The highest BCUT2D eigenvalue weighted by atomic mass is 16.5. The SMILES string of the molecule is CN(CCO)c1ccc(N)c(OCC2CC2)n1. The monoisotopic (exact) mass is 237 g/mol. The molecule has 1 heterocycles. The Labute approximate surface area is 101 Å². The molecule has 1 fully saturated rings. The molecule has 0 radical (unpaired) electrons. The number of anilines is 2. The number of aliphatic hydroxyl groups excluding tert-OH is 1. The van der Waals surface area contributed by atoms with Crippen molar-refractivity contribution in [1.29, 1.82) is 0 Å². The predicted molar refractivity (Wildman–Crippen MR) is 67.2 cm³/mol. The summed E-state index contributed by atoms with van der Waals surface area (Å²) in [4.78, 5) is 6.22. The van der Waals surface area contributed by atoms with Crippen LogP contribution in [0.2, 0.25) is 0 Å². The third-order valence-electron chi connectivity index (χ3n) is 2.85. The fourth-order valence-electron chi connectivity index (χ4n) is 1.52. The van der Waals surface area contributed by atoms with E-state index in [9.17, 15) is 0 Å². The zero-order chi connectivity index (χ0) is 12.3. The van der Waals surface area contributed by atoms with Gasteiger partial charge < -0.3 is 20.5 Å². The molecule has 0 aromatic carbocycles. The first-order valence-corrected chi connectivity index (χ1v) is 5.92. The van der Waals surface area contributed by atoms with E-state index in [2.05, 4.69) is 4.98 Å². The maximum Gasteiger partial charge on any atom is 0.239 e. The maximum atomic E-state index is 8.88. The molecule has 0 atom stereocenters. The van der Waals surface area contributed by atoms with E-state index in [0.717, 1.165) is 5.82 Å². The largest absolute Gasteiger partial charge is 0.476 e. The normalized spacial score (nSPS) is 14.7. The molecule has 2 rings (SSSR count). The number of nitrogens with zero attached hydrogens (tertiary/aromatic N) is 2. The summed E-state index contributed by atoms with van der Waals surface area (Å²) in [6.07, 6.45) is 2.48. The average Bonchev–Trinajstić information content (AvgIpc) is 3.12. The van der Waals surface area contributed by atoms with Crippen LogP contribution in [0.15, 0.2) is 12.1 Å². The molecule has 1 aliphatic rings. The van der Waals surface area contributed by atoms with E-state index in [1.54, 1.807) is 6.07 Å². The van der Waals surface area contributed by atoms with Gasteiger partial charge in [0.15, 0.2) is 0 Å². The lowest BCUT2D eigenvalue weighted by Gasteiger charge is -2.18. The lowest BCUT2D eigenvalue weighted by molar-refractivity contribution is 0.289. The van der Waals surface area contributed by atoms with Crippen LogP contribution in [-0.2, 0) is 0 Å². The summed E-state index contributed by atoms with van der Waals surface area (Å²) < 4.78 is 5.60. The molecule has 3 N–H and O–H groups in total. The Kier molecular flexibility index (Phi) is 3.68. The number of hydrogen-bond donors (Lipinski definition) is 2. The molecule has 0 saturated heterocycles. The minimum atomic E-state index is 0.0980. The molecule has 0 aliphatic heterocycles. The Morgan fingerprint density at radius 1 is 1.53 bits per heavy atom. The van der Waals surface area contributed by atoms with Crippen LogP contribution in [0.4, 0.5) is 11.5 Å². The summed E-state index contributed by atoms with van der Waals surface area (Å²) in [6, 6.07) is 3.62. The Hall–Kier alpha value is -1.49. The van der Waals surface area contributed by atoms with Crippen molar-refractivity contribution in [2.45, 2.75) is 12.8 Å². The molecular weight excluding hydrogens is 218 g/mol. The van der Waals surface area contributed by atoms with Crippen molar-refractivity contribution >= 4 is 11.5 Å². The summed E-state index contributed by atoms with van der Waals surface area (Å²) in [5, 5.41) is 8.88. The zero-order valence-electron chi connectivity index (χ0n) is 10.1. The molecule has 5 nitrogen and oxygen atoms in total. The van der Waals surface area contributed by atoms with Crippen LogP contribution < -0.4 is 15.4 Å². The standard InChI is InChI=1S/C12H19N3O2/c1-15(6-7-16)11-5-4-10(13)12(14-11)17-8-9-2-3-9/h4-5,9,16H,2-3,6-8,13H2,1H3. The van der Waals surface area contributed by atoms with Crippen molar-refractivity contribution in [3.8, 4) is 5.88 Å². The smallest absolute Gasteiger partial charge is 0.239 e. The van der Waals surface area contributed by atoms with E-state index in [1.165, 1.54) is 12.8 Å². The van der Waals surface area contributed by atoms with Gasteiger partial charge in [-0.3, -0.25) is 0 Å². The van der Waals surface area contributed by atoms with Crippen LogP contribution in [0.25, 0.3) is 0 Å². The molecule has 17 heavy (non-hydrogen) atoms. The van der Waals surface area contributed by atoms with Gasteiger partial charge in [-0.1, -0.05) is 0 Å². The topological polar surface area (TPSA) is 71.6 Å². The molecule has 5 heteroatoms. The van der Waals surface area contributed by atoms with E-state index in [-0.39, 0.29) is 6.61 Å². The fourth-order valence-corrected chi connectivity index (χ4v) is 1.52. The second-order valence-corrected chi connectivity index (χ2v) is 4.46. The highest BCUT2D eigenvalue weighted by Gasteiger charge is 2.22. The Balaban J connectivity index is 2.04. The van der Waals surface area contributed by atoms with Gasteiger partial charge in [0.05, 0.1) is 18.9 Å². The van der Waals surface area contributed by atoms with E-state index in [1.807, 2.05) is 18.0 Å². The molecule has 0 spiro atoms. The van der Waals surface area contributed by atoms with Gasteiger partial charge in [-0.05, 0) is 30.9 Å². The van der Waals surface area contributed by atoms with E-state index in [4.69, 9.17) is 15.6 Å². The van der Waals surface area contributed by atoms with Crippen LogP contribution >= 0.6 is 0 Å². The van der Waals surface area contributed by atoms with Crippen molar-refractivity contribution in [3.63, 3.8) is 0 Å². The van der Waals surface area contributed by atoms with Gasteiger partial charge in [0, 0.05) is 13.6 Å². The number of ether oxygens (including phenoxy) is 1. The number of likely N-dealkylation sites (N-methyl/N-ethyl adjacent to an activating group) is 1. The lowest BCUT2D eigenvalue weighted by Crippen LogP contribution is -2.22. The quantitative estimate of drug-likeness (QED) is 0.768. The molecule has 1 saturated carbocycles. The van der Waals surface area contributed by atoms with Crippen LogP contribution in [-0.4, -0.2) is 36.9 Å². The second kappa shape index (κ2) is 5.23. The zero-order valence-corrected chi connectivity index (χ0v) is 10.1. The summed E-state index contributed by atoms with van der Waals surface area (Å²) in [5.74, 6) is 1.94. The first-order valence-electron chi connectivity index (χ1n) is 5.92. The highest BCUT2D eigenvalue weighted by molar-refractivity contribution is 5.54. The molecule has 0 amide bonds. The number of nitrogen functional groups attached to an aromatic ring is 1. The van der Waals surface area contributed by atoms with Crippen molar-refractivity contribution < 1.29 is 9.84 Å². The van der Waals surface area contributed by atoms with E-state index >= 15 is 0 Å². The van der Waals surface area contributed by atoms with Gasteiger partial charge in [0.2, 0.25) is 5.88 Å². The fraction of sp³-hybridized carbons (Fsp3) is 0.583.